The smallest absolute Gasteiger partial charge is 0.235 e. The van der Waals surface area contributed by atoms with Crippen molar-refractivity contribution in [1.29, 1.82) is 0 Å². The Morgan fingerprint density at radius 2 is 1.86 bits per heavy atom. The summed E-state index contributed by atoms with van der Waals surface area (Å²) < 4.78 is 36.6. The van der Waals surface area contributed by atoms with Crippen molar-refractivity contribution in [2.75, 3.05) is 26.0 Å². The highest BCUT2D eigenvalue weighted by atomic mass is 35.5. The molecule has 1 heterocycles. The molecule has 2 aromatic rings. The molecule has 1 unspecified atom stereocenters. The van der Waals surface area contributed by atoms with E-state index >= 15 is 0 Å². The number of carbonyl (C=O) groups excluding carboxylic acids is 1. The number of benzene rings is 2. The summed E-state index contributed by atoms with van der Waals surface area (Å²) >= 11 is 6.11. The van der Waals surface area contributed by atoms with Gasteiger partial charge < -0.3 is 14.8 Å². The molecule has 0 radical (unpaired) electrons. The van der Waals surface area contributed by atoms with Crippen molar-refractivity contribution >= 4 is 27.5 Å². The Bertz CT molecular complexity index is 951. The number of hydrogen-bond donors (Lipinski definition) is 1. The minimum absolute atomic E-state index is 0.0162. The lowest BCUT2D eigenvalue weighted by Gasteiger charge is -2.27. The molecule has 2 aromatic carbocycles. The van der Waals surface area contributed by atoms with Gasteiger partial charge in [0.05, 0.1) is 19.3 Å². The zero-order valence-corrected chi connectivity index (χ0v) is 16.9. The van der Waals surface area contributed by atoms with Gasteiger partial charge in [-0.05, 0) is 23.8 Å². The van der Waals surface area contributed by atoms with Gasteiger partial charge in [0, 0.05) is 11.6 Å². The van der Waals surface area contributed by atoms with Gasteiger partial charge in [0.25, 0.3) is 0 Å². The zero-order chi connectivity index (χ0) is 20.1. The topological polar surface area (TPSA) is 84.9 Å². The van der Waals surface area contributed by atoms with Crippen LogP contribution in [-0.2, 0) is 21.4 Å². The molecular weight excluding hydrogens is 404 g/mol. The molecular formula is C19H21ClN2O5S. The highest BCUT2D eigenvalue weighted by Gasteiger charge is 2.24. The lowest BCUT2D eigenvalue weighted by Crippen LogP contribution is -2.45. The number of amides is 1. The third-order valence-electron chi connectivity index (χ3n) is 4.19. The van der Waals surface area contributed by atoms with Gasteiger partial charge in [-0.15, -0.1) is 0 Å². The fourth-order valence-corrected chi connectivity index (χ4v) is 3.64. The molecule has 150 valence electrons. The van der Waals surface area contributed by atoms with Crippen LogP contribution >= 0.6 is 11.6 Å². The van der Waals surface area contributed by atoms with Gasteiger partial charge in [-0.25, -0.2) is 8.42 Å². The molecule has 0 fully saturated rings. The third kappa shape index (κ3) is 5.37. The Balaban J connectivity index is 1.56. The molecule has 0 aromatic heterocycles. The molecule has 28 heavy (non-hydrogen) atoms. The normalized spacial score (nSPS) is 16.0. The standard InChI is InChI=1S/C19H21ClN2O5S/c1-28(24,25)22(11-14-6-2-3-7-16(14)20)12-19(23)21-10-15-13-26-17-8-4-5-9-18(17)27-15/h2-9,15H,10-13H2,1H3,(H,21,23). The first kappa shape index (κ1) is 20.4. The third-order valence-corrected chi connectivity index (χ3v) is 5.75. The number of carbonyl (C=O) groups is 1. The molecule has 7 nitrogen and oxygen atoms in total. The van der Waals surface area contributed by atoms with Crippen molar-refractivity contribution in [3.8, 4) is 11.5 Å². The summed E-state index contributed by atoms with van der Waals surface area (Å²) in [6, 6.07) is 14.2. The first-order chi connectivity index (χ1) is 13.3. The summed E-state index contributed by atoms with van der Waals surface area (Å²) in [6.45, 7) is 0.208. The van der Waals surface area contributed by atoms with Crippen LogP contribution in [0.3, 0.4) is 0 Å². The maximum atomic E-state index is 12.3. The van der Waals surface area contributed by atoms with E-state index in [2.05, 4.69) is 5.32 Å². The molecule has 9 heteroatoms. The van der Waals surface area contributed by atoms with E-state index in [-0.39, 0.29) is 25.7 Å². The maximum Gasteiger partial charge on any atom is 0.235 e. The number of sulfonamides is 1. The van der Waals surface area contributed by atoms with Gasteiger partial charge in [0.2, 0.25) is 15.9 Å². The quantitative estimate of drug-likeness (QED) is 0.735. The summed E-state index contributed by atoms with van der Waals surface area (Å²) in [7, 11) is -3.60. The first-order valence-electron chi connectivity index (χ1n) is 8.66. The van der Waals surface area contributed by atoms with Crippen LogP contribution in [0.1, 0.15) is 5.56 Å². The van der Waals surface area contributed by atoms with Crippen LogP contribution in [0, 0.1) is 0 Å². The maximum absolute atomic E-state index is 12.3. The molecule has 1 aliphatic rings. The van der Waals surface area contributed by atoms with E-state index in [9.17, 15) is 13.2 Å². The van der Waals surface area contributed by atoms with E-state index in [1.54, 1.807) is 30.3 Å². The highest BCUT2D eigenvalue weighted by molar-refractivity contribution is 7.88. The molecule has 0 bridgehead atoms. The second-order valence-electron chi connectivity index (χ2n) is 6.42. The molecule has 1 atom stereocenters. The van der Waals surface area contributed by atoms with Crippen LogP contribution in [0.2, 0.25) is 5.02 Å². The van der Waals surface area contributed by atoms with Gasteiger partial charge >= 0.3 is 0 Å². The summed E-state index contributed by atoms with van der Waals surface area (Å²) in [5, 5.41) is 3.15. The van der Waals surface area contributed by atoms with E-state index < -0.39 is 15.9 Å². The molecule has 0 saturated heterocycles. The second kappa shape index (κ2) is 8.81. The zero-order valence-electron chi connectivity index (χ0n) is 15.3. The van der Waals surface area contributed by atoms with E-state index in [4.69, 9.17) is 21.1 Å². The lowest BCUT2D eigenvalue weighted by atomic mass is 10.2. The number of nitrogens with zero attached hydrogens (tertiary/aromatic N) is 1. The second-order valence-corrected chi connectivity index (χ2v) is 8.81. The Labute approximate surface area is 169 Å². The molecule has 0 aliphatic carbocycles. The predicted octanol–water partition coefficient (Wildman–Crippen LogP) is 2.06. The van der Waals surface area contributed by atoms with Crippen molar-refractivity contribution in [2.45, 2.75) is 12.6 Å². The van der Waals surface area contributed by atoms with Crippen LogP contribution < -0.4 is 14.8 Å². The molecule has 0 spiro atoms. The molecule has 1 aliphatic heterocycles. The average Bonchev–Trinajstić information content (AvgIpc) is 2.66. The van der Waals surface area contributed by atoms with Crippen molar-refractivity contribution in [2.24, 2.45) is 0 Å². The van der Waals surface area contributed by atoms with E-state index in [1.165, 1.54) is 0 Å². The minimum Gasteiger partial charge on any atom is -0.486 e. The van der Waals surface area contributed by atoms with Crippen LogP contribution in [0.15, 0.2) is 48.5 Å². The number of ether oxygens (including phenoxy) is 2. The summed E-state index contributed by atoms with van der Waals surface area (Å²) in [6.07, 6.45) is 0.709. The fraction of sp³-hybridized carbons (Fsp3) is 0.316. The Kier molecular flexibility index (Phi) is 6.43. The van der Waals surface area contributed by atoms with Gasteiger partial charge in [-0.1, -0.05) is 41.9 Å². The number of halogens is 1. The first-order valence-corrected chi connectivity index (χ1v) is 10.9. The van der Waals surface area contributed by atoms with E-state index in [1.807, 2.05) is 18.2 Å². The van der Waals surface area contributed by atoms with Crippen molar-refractivity contribution in [1.82, 2.24) is 9.62 Å². The van der Waals surface area contributed by atoms with Crippen LogP contribution in [0.4, 0.5) is 0 Å². The van der Waals surface area contributed by atoms with Gasteiger partial charge in [0.1, 0.15) is 12.7 Å². The van der Waals surface area contributed by atoms with E-state index in [0.29, 0.717) is 28.7 Å². The SMILES string of the molecule is CS(=O)(=O)N(CC(=O)NCC1COc2ccccc2O1)Cc1ccccc1Cl. The number of hydrogen-bond acceptors (Lipinski definition) is 5. The number of fused-ring (bicyclic) bond motifs is 1. The Morgan fingerprint density at radius 3 is 2.57 bits per heavy atom. The predicted molar refractivity (Wildman–Crippen MR) is 106 cm³/mol. The van der Waals surface area contributed by atoms with Gasteiger partial charge in [-0.2, -0.15) is 4.31 Å². The van der Waals surface area contributed by atoms with Gasteiger partial charge in [0.15, 0.2) is 11.5 Å². The summed E-state index contributed by atoms with van der Waals surface area (Å²) in [5.41, 5.74) is 0.628. The van der Waals surface area contributed by atoms with Crippen LogP contribution in [-0.4, -0.2) is 50.7 Å². The molecule has 1 amide bonds. The van der Waals surface area contributed by atoms with Crippen LogP contribution in [0.25, 0.3) is 0 Å². The highest BCUT2D eigenvalue weighted by Crippen LogP contribution is 2.30. The number of para-hydroxylation sites is 2. The Hall–Kier alpha value is -2.29. The molecule has 0 saturated carbocycles. The van der Waals surface area contributed by atoms with Crippen LogP contribution in [0.5, 0.6) is 11.5 Å². The summed E-state index contributed by atoms with van der Waals surface area (Å²) in [5.74, 6) is 0.845. The van der Waals surface area contributed by atoms with Crippen molar-refractivity contribution in [3.63, 3.8) is 0 Å². The Morgan fingerprint density at radius 1 is 1.18 bits per heavy atom. The number of nitrogens with one attached hydrogen (secondary N) is 1. The lowest BCUT2D eigenvalue weighted by molar-refractivity contribution is -0.121. The molecule has 1 N–H and O–H groups in total. The largest absolute Gasteiger partial charge is 0.486 e. The summed E-state index contributed by atoms with van der Waals surface area (Å²) in [4.78, 5) is 12.3. The minimum atomic E-state index is -3.60. The van der Waals surface area contributed by atoms with E-state index in [0.717, 1.165) is 10.6 Å². The average molecular weight is 425 g/mol. The van der Waals surface area contributed by atoms with Gasteiger partial charge in [-0.3, -0.25) is 4.79 Å². The fourth-order valence-electron chi connectivity index (χ4n) is 2.71. The van der Waals surface area contributed by atoms with Crippen molar-refractivity contribution < 1.29 is 22.7 Å². The molecule has 3 rings (SSSR count). The monoisotopic (exact) mass is 424 g/mol. The number of rotatable bonds is 7. The van der Waals surface area contributed by atoms with Crippen molar-refractivity contribution in [3.05, 3.63) is 59.1 Å².